The SMILES string of the molecule is CCC[CH2][Sn][CH2]CCC.COOC(=O)OC. The number of unbranched alkanes of at least 4 members (excludes halogenated alkanes) is 2. The summed E-state index contributed by atoms with van der Waals surface area (Å²) in [7, 11) is 2.41. The van der Waals surface area contributed by atoms with Gasteiger partial charge in [0.2, 0.25) is 0 Å². The minimum absolute atomic E-state index is 0.149. The first-order chi connectivity index (χ1) is 7.72. The van der Waals surface area contributed by atoms with Gasteiger partial charge in [-0.05, 0) is 0 Å². The molecule has 96 valence electrons. The summed E-state index contributed by atoms with van der Waals surface area (Å²) in [5.74, 6) is 0. The molecule has 0 amide bonds. The third-order valence-corrected chi connectivity index (χ3v) is 5.77. The molecule has 0 rings (SSSR count). The molecule has 0 heterocycles. The Hall–Kier alpha value is 0.0287. The van der Waals surface area contributed by atoms with Gasteiger partial charge >= 0.3 is 75.7 Å². The second-order valence-electron chi connectivity index (χ2n) is 3.16. The minimum atomic E-state index is -0.845. The molecule has 0 aliphatic heterocycles. The van der Waals surface area contributed by atoms with Gasteiger partial charge < -0.3 is 4.74 Å². The maximum atomic E-state index is 9.84. The standard InChI is InChI=1S/2C4H9.C3H6O4.Sn/c2*1-3-4-2;1-5-3(4)7-6-2;/h2*1,3-4H2,2H3;1-2H3;. The van der Waals surface area contributed by atoms with Crippen molar-refractivity contribution in [1.82, 2.24) is 0 Å². The summed E-state index contributed by atoms with van der Waals surface area (Å²) in [5.41, 5.74) is 0. The van der Waals surface area contributed by atoms with Crippen molar-refractivity contribution in [3.05, 3.63) is 0 Å². The van der Waals surface area contributed by atoms with E-state index in [0.717, 1.165) is 0 Å². The molecule has 0 atom stereocenters. The van der Waals surface area contributed by atoms with Gasteiger partial charge in [0.15, 0.2) is 0 Å². The van der Waals surface area contributed by atoms with Crippen LogP contribution in [0.15, 0.2) is 0 Å². The fourth-order valence-electron chi connectivity index (χ4n) is 0.831. The molecule has 0 fully saturated rings. The van der Waals surface area contributed by atoms with Gasteiger partial charge in [0.25, 0.3) is 0 Å². The number of carbonyl (C=O) groups excluding carboxylic acids is 1. The van der Waals surface area contributed by atoms with E-state index >= 15 is 0 Å². The van der Waals surface area contributed by atoms with E-state index in [2.05, 4.69) is 28.4 Å². The van der Waals surface area contributed by atoms with Gasteiger partial charge in [-0.2, -0.15) is 4.89 Å². The summed E-state index contributed by atoms with van der Waals surface area (Å²) in [6, 6.07) is 0. The summed E-state index contributed by atoms with van der Waals surface area (Å²) in [5, 5.41) is 0. The van der Waals surface area contributed by atoms with Gasteiger partial charge in [0.1, 0.15) is 0 Å². The summed E-state index contributed by atoms with van der Waals surface area (Å²) in [4.78, 5) is 17.6. The van der Waals surface area contributed by atoms with Crippen molar-refractivity contribution < 1.29 is 19.3 Å². The van der Waals surface area contributed by atoms with E-state index in [1.165, 1.54) is 39.9 Å². The Morgan fingerprint density at radius 1 is 1.06 bits per heavy atom. The monoisotopic (exact) mass is 340 g/mol. The van der Waals surface area contributed by atoms with E-state index in [0.29, 0.717) is 0 Å². The molecular weight excluding hydrogens is 315 g/mol. The quantitative estimate of drug-likeness (QED) is 0.234. The molecule has 0 bridgehead atoms. The molecule has 0 spiro atoms. The molecule has 0 saturated heterocycles. The van der Waals surface area contributed by atoms with Gasteiger partial charge in [-0.25, -0.2) is 4.79 Å². The molecule has 2 radical (unpaired) electrons. The zero-order valence-corrected chi connectivity index (χ0v) is 13.7. The first kappa shape index (κ1) is 18.4. The van der Waals surface area contributed by atoms with Crippen LogP contribution in [0.25, 0.3) is 0 Å². The molecular formula is C11H24O4Sn. The zero-order chi connectivity index (χ0) is 12.6. The van der Waals surface area contributed by atoms with Crippen molar-refractivity contribution in [3.63, 3.8) is 0 Å². The van der Waals surface area contributed by atoms with Crippen LogP contribution >= 0.6 is 0 Å². The predicted octanol–water partition coefficient (Wildman–Crippen LogP) is 3.46. The van der Waals surface area contributed by atoms with Crippen LogP contribution in [0.1, 0.15) is 39.5 Å². The third kappa shape index (κ3) is 19.6. The number of ether oxygens (including phenoxy) is 1. The minimum Gasteiger partial charge on any atom is -0.436 e. The van der Waals surface area contributed by atoms with Crippen molar-refractivity contribution in [2.45, 2.75) is 48.4 Å². The number of hydrogen-bond acceptors (Lipinski definition) is 4. The second-order valence-corrected chi connectivity index (χ2v) is 7.44. The van der Waals surface area contributed by atoms with Crippen molar-refractivity contribution in [1.29, 1.82) is 0 Å². The third-order valence-electron chi connectivity index (χ3n) is 1.73. The van der Waals surface area contributed by atoms with Crippen LogP contribution in [0.5, 0.6) is 0 Å². The van der Waals surface area contributed by atoms with Crippen LogP contribution in [-0.4, -0.2) is 41.5 Å². The molecule has 0 aromatic carbocycles. The van der Waals surface area contributed by atoms with Crippen LogP contribution in [0, 0.1) is 0 Å². The molecule has 0 N–H and O–H groups in total. The summed E-state index contributed by atoms with van der Waals surface area (Å²) < 4.78 is 7.25. The molecule has 0 aromatic heterocycles. The molecule has 0 aromatic rings. The van der Waals surface area contributed by atoms with Crippen LogP contribution in [0.2, 0.25) is 8.87 Å². The van der Waals surface area contributed by atoms with Gasteiger partial charge in [-0.1, -0.05) is 0 Å². The van der Waals surface area contributed by atoms with E-state index in [4.69, 9.17) is 0 Å². The van der Waals surface area contributed by atoms with E-state index in [1.807, 2.05) is 0 Å². The smallest absolute Gasteiger partial charge is 0.436 e. The summed E-state index contributed by atoms with van der Waals surface area (Å²) in [6.07, 6.45) is 4.99. The van der Waals surface area contributed by atoms with Crippen LogP contribution in [0.3, 0.4) is 0 Å². The molecule has 16 heavy (non-hydrogen) atoms. The van der Waals surface area contributed by atoms with Gasteiger partial charge in [0, 0.05) is 0 Å². The number of carbonyl (C=O) groups is 1. The number of methoxy groups -OCH3 is 1. The average molecular weight is 339 g/mol. The van der Waals surface area contributed by atoms with E-state index in [9.17, 15) is 4.79 Å². The topological polar surface area (TPSA) is 44.8 Å². The molecule has 0 aliphatic carbocycles. The van der Waals surface area contributed by atoms with Crippen LogP contribution in [0.4, 0.5) is 4.79 Å². The molecule has 0 unspecified atom stereocenters. The maximum absolute atomic E-state index is 9.84. The average Bonchev–Trinajstić information content (AvgIpc) is 2.30. The fourth-order valence-corrected chi connectivity index (χ4v) is 4.99. The van der Waals surface area contributed by atoms with E-state index in [-0.39, 0.29) is 21.1 Å². The first-order valence-corrected chi connectivity index (χ1v) is 9.75. The molecule has 0 aliphatic rings. The van der Waals surface area contributed by atoms with E-state index in [1.54, 1.807) is 8.87 Å². The van der Waals surface area contributed by atoms with E-state index < -0.39 is 6.16 Å². The Morgan fingerprint density at radius 3 is 1.81 bits per heavy atom. The molecule has 5 heteroatoms. The Morgan fingerprint density at radius 2 is 1.56 bits per heavy atom. The molecule has 4 nitrogen and oxygen atoms in total. The first-order valence-electron chi connectivity index (χ1n) is 5.72. The fraction of sp³-hybridized carbons (Fsp3) is 0.909. The second kappa shape index (κ2) is 17.4. The Balaban J connectivity index is 0. The normalized spacial score (nSPS) is 9.00. The van der Waals surface area contributed by atoms with Crippen molar-refractivity contribution in [2.24, 2.45) is 0 Å². The predicted molar refractivity (Wildman–Crippen MR) is 65.7 cm³/mol. The van der Waals surface area contributed by atoms with Crippen LogP contribution < -0.4 is 0 Å². The van der Waals surface area contributed by atoms with Crippen LogP contribution in [-0.2, 0) is 14.5 Å². The van der Waals surface area contributed by atoms with Crippen molar-refractivity contribution >= 4 is 27.3 Å². The van der Waals surface area contributed by atoms with Gasteiger partial charge in [-0.3, -0.25) is 4.89 Å². The number of hydrogen-bond donors (Lipinski definition) is 0. The summed E-state index contributed by atoms with van der Waals surface area (Å²) in [6.45, 7) is 4.58. The maximum Gasteiger partial charge on any atom is 0.540 e. The Labute approximate surface area is 109 Å². The molecule has 0 saturated carbocycles. The summed E-state index contributed by atoms with van der Waals surface area (Å²) >= 11 is 0.149. The van der Waals surface area contributed by atoms with Crippen molar-refractivity contribution in [3.8, 4) is 0 Å². The Bertz CT molecular complexity index is 136. The van der Waals surface area contributed by atoms with Gasteiger partial charge in [-0.15, -0.1) is 0 Å². The largest absolute Gasteiger partial charge is 0.540 e. The Kier molecular flexibility index (Phi) is 20.0. The van der Waals surface area contributed by atoms with Crippen molar-refractivity contribution in [2.75, 3.05) is 14.2 Å². The van der Waals surface area contributed by atoms with Gasteiger partial charge in [0.05, 0.1) is 14.2 Å². The zero-order valence-electron chi connectivity index (χ0n) is 10.9. The number of rotatable bonds is 7.